The molecule has 0 bridgehead atoms. The van der Waals surface area contributed by atoms with Crippen LogP contribution in [0.1, 0.15) is 10.4 Å². The first-order valence-corrected chi connectivity index (χ1v) is 3.72. The van der Waals surface area contributed by atoms with Crippen molar-refractivity contribution in [2.75, 3.05) is 0 Å². The predicted molar refractivity (Wildman–Crippen MR) is 46.7 cm³/mol. The summed E-state index contributed by atoms with van der Waals surface area (Å²) in [6, 6.07) is 1.62. The van der Waals surface area contributed by atoms with E-state index in [-0.39, 0.29) is 5.69 Å². The summed E-state index contributed by atoms with van der Waals surface area (Å²) in [6.45, 7) is 0. The van der Waals surface area contributed by atoms with E-state index in [9.17, 15) is 9.59 Å². The molecule has 0 radical (unpaired) electrons. The monoisotopic (exact) mass is 177 g/mol. The van der Waals surface area contributed by atoms with Crippen LogP contribution in [0.4, 0.5) is 0 Å². The number of rotatable bonds is 1. The van der Waals surface area contributed by atoms with E-state index in [0.29, 0.717) is 23.0 Å². The molecule has 2 aromatic heterocycles. The first-order chi connectivity index (χ1) is 6.22. The molecule has 0 aliphatic heterocycles. The second-order valence-corrected chi connectivity index (χ2v) is 2.74. The molecule has 5 heteroatoms. The number of carbonyl (C=O) groups excluding carboxylic acids is 1. The van der Waals surface area contributed by atoms with Gasteiger partial charge < -0.3 is 0 Å². The summed E-state index contributed by atoms with van der Waals surface area (Å²) in [5, 5.41) is 0. The van der Waals surface area contributed by atoms with Crippen molar-refractivity contribution in [2.45, 2.75) is 0 Å². The van der Waals surface area contributed by atoms with E-state index in [0.717, 1.165) is 0 Å². The van der Waals surface area contributed by atoms with Crippen LogP contribution in [0.3, 0.4) is 0 Å². The Labute approximate surface area is 73.0 Å². The number of nitrogens with zero attached hydrogens (tertiary/aromatic N) is 2. The number of fused-ring (bicyclic) bond motifs is 1. The Balaban J connectivity index is 2.89. The molecule has 5 nitrogen and oxygen atoms in total. The van der Waals surface area contributed by atoms with Gasteiger partial charge in [0.2, 0.25) is 0 Å². The fourth-order valence-electron chi connectivity index (χ4n) is 1.18. The van der Waals surface area contributed by atoms with Crippen LogP contribution in [-0.4, -0.2) is 20.8 Å². The van der Waals surface area contributed by atoms with E-state index in [1.165, 1.54) is 10.8 Å². The number of imidazole rings is 1. The van der Waals surface area contributed by atoms with Gasteiger partial charge in [0, 0.05) is 18.8 Å². The van der Waals surface area contributed by atoms with Crippen LogP contribution in [0.25, 0.3) is 11.2 Å². The molecule has 2 rings (SSSR count). The van der Waals surface area contributed by atoms with Crippen LogP contribution in [-0.2, 0) is 7.05 Å². The average molecular weight is 177 g/mol. The summed E-state index contributed by atoms with van der Waals surface area (Å²) in [4.78, 5) is 28.0. The average Bonchev–Trinajstić information content (AvgIpc) is 2.43. The normalized spacial score (nSPS) is 10.5. The van der Waals surface area contributed by atoms with Crippen LogP contribution < -0.4 is 5.69 Å². The Morgan fingerprint density at radius 2 is 2.38 bits per heavy atom. The topological polar surface area (TPSA) is 67.8 Å². The first kappa shape index (κ1) is 7.72. The Hall–Kier alpha value is -1.91. The number of nitrogens with one attached hydrogen (secondary N) is 1. The third-order valence-corrected chi connectivity index (χ3v) is 1.92. The Morgan fingerprint density at radius 3 is 3.08 bits per heavy atom. The number of aromatic nitrogens is 3. The highest BCUT2D eigenvalue weighted by molar-refractivity contribution is 5.81. The van der Waals surface area contributed by atoms with E-state index in [2.05, 4.69) is 9.97 Å². The lowest BCUT2D eigenvalue weighted by molar-refractivity contribution is 0.112. The lowest BCUT2D eigenvalue weighted by Gasteiger charge is -1.92. The molecular weight excluding hydrogens is 170 g/mol. The summed E-state index contributed by atoms with van der Waals surface area (Å²) >= 11 is 0. The number of hydrogen-bond donors (Lipinski definition) is 1. The largest absolute Gasteiger partial charge is 0.327 e. The zero-order valence-electron chi connectivity index (χ0n) is 6.94. The van der Waals surface area contributed by atoms with Crippen molar-refractivity contribution in [3.8, 4) is 0 Å². The van der Waals surface area contributed by atoms with Gasteiger partial charge in [0.1, 0.15) is 0 Å². The fourth-order valence-corrected chi connectivity index (χ4v) is 1.18. The number of aromatic amines is 1. The van der Waals surface area contributed by atoms with Crippen molar-refractivity contribution in [2.24, 2.45) is 7.05 Å². The smallest absolute Gasteiger partial charge is 0.298 e. The molecule has 0 saturated carbocycles. The van der Waals surface area contributed by atoms with Crippen molar-refractivity contribution in [3.63, 3.8) is 0 Å². The summed E-state index contributed by atoms with van der Waals surface area (Å²) in [6.07, 6.45) is 2.12. The van der Waals surface area contributed by atoms with Gasteiger partial charge in [-0.05, 0) is 6.07 Å². The van der Waals surface area contributed by atoms with Crippen LogP contribution in [0.2, 0.25) is 0 Å². The van der Waals surface area contributed by atoms with E-state index in [4.69, 9.17) is 0 Å². The highest BCUT2D eigenvalue weighted by atomic mass is 16.1. The van der Waals surface area contributed by atoms with E-state index in [1.807, 2.05) is 0 Å². The summed E-state index contributed by atoms with van der Waals surface area (Å²) in [5.74, 6) is 0. The summed E-state index contributed by atoms with van der Waals surface area (Å²) < 4.78 is 1.41. The number of H-pyrrole nitrogens is 1. The van der Waals surface area contributed by atoms with Gasteiger partial charge in [-0.15, -0.1) is 0 Å². The molecule has 0 amide bonds. The molecule has 0 atom stereocenters. The number of hydrogen-bond acceptors (Lipinski definition) is 3. The van der Waals surface area contributed by atoms with Crippen molar-refractivity contribution >= 4 is 17.5 Å². The molecular formula is C8H7N3O2. The van der Waals surface area contributed by atoms with Gasteiger partial charge >= 0.3 is 5.69 Å². The minimum absolute atomic E-state index is 0.231. The standard InChI is InChI=1S/C8H7N3O2/c1-11-6-2-5(4-12)3-9-7(6)10-8(11)13/h2-4H,1H3,(H,9,10,13). The number of pyridine rings is 1. The van der Waals surface area contributed by atoms with Gasteiger partial charge in [-0.3, -0.25) is 14.3 Å². The number of carbonyl (C=O) groups is 1. The van der Waals surface area contributed by atoms with Gasteiger partial charge in [-0.2, -0.15) is 0 Å². The quantitative estimate of drug-likeness (QED) is 0.627. The molecule has 0 aliphatic rings. The minimum Gasteiger partial charge on any atom is -0.298 e. The maximum atomic E-state index is 11.1. The minimum atomic E-state index is -0.231. The summed E-state index contributed by atoms with van der Waals surface area (Å²) in [5.41, 5.74) is 1.36. The molecule has 2 aromatic rings. The SMILES string of the molecule is Cn1c(=O)[nH]c2ncc(C=O)cc21. The summed E-state index contributed by atoms with van der Waals surface area (Å²) in [7, 11) is 1.62. The van der Waals surface area contributed by atoms with E-state index < -0.39 is 0 Å². The van der Waals surface area contributed by atoms with Crippen LogP contribution >= 0.6 is 0 Å². The van der Waals surface area contributed by atoms with Crippen LogP contribution in [0.5, 0.6) is 0 Å². The maximum absolute atomic E-state index is 11.1. The van der Waals surface area contributed by atoms with Crippen molar-refractivity contribution < 1.29 is 4.79 Å². The molecule has 0 spiro atoms. The zero-order chi connectivity index (χ0) is 9.42. The highest BCUT2D eigenvalue weighted by Gasteiger charge is 2.03. The van der Waals surface area contributed by atoms with Crippen molar-refractivity contribution in [1.82, 2.24) is 14.5 Å². The number of aldehydes is 1. The molecule has 0 aromatic carbocycles. The molecule has 13 heavy (non-hydrogen) atoms. The zero-order valence-corrected chi connectivity index (χ0v) is 6.94. The molecule has 0 saturated heterocycles. The molecule has 1 N–H and O–H groups in total. The highest BCUT2D eigenvalue weighted by Crippen LogP contribution is 2.06. The third-order valence-electron chi connectivity index (χ3n) is 1.92. The van der Waals surface area contributed by atoms with Gasteiger partial charge in [0.25, 0.3) is 0 Å². The van der Waals surface area contributed by atoms with Gasteiger partial charge in [0.15, 0.2) is 11.9 Å². The van der Waals surface area contributed by atoms with Crippen LogP contribution in [0, 0.1) is 0 Å². The molecule has 0 unspecified atom stereocenters. The lowest BCUT2D eigenvalue weighted by atomic mass is 10.3. The maximum Gasteiger partial charge on any atom is 0.327 e. The van der Waals surface area contributed by atoms with Gasteiger partial charge in [-0.25, -0.2) is 9.78 Å². The predicted octanol–water partition coefficient (Wildman–Crippen LogP) is 0.0741. The second-order valence-electron chi connectivity index (χ2n) is 2.74. The second kappa shape index (κ2) is 2.55. The molecule has 66 valence electrons. The van der Waals surface area contributed by atoms with E-state index >= 15 is 0 Å². The fraction of sp³-hybridized carbons (Fsp3) is 0.125. The number of aryl methyl sites for hydroxylation is 1. The van der Waals surface area contributed by atoms with Crippen molar-refractivity contribution in [3.05, 3.63) is 28.3 Å². The van der Waals surface area contributed by atoms with Crippen molar-refractivity contribution in [1.29, 1.82) is 0 Å². The first-order valence-electron chi connectivity index (χ1n) is 3.72. The van der Waals surface area contributed by atoms with E-state index in [1.54, 1.807) is 13.1 Å². The molecule has 0 fully saturated rings. The third kappa shape index (κ3) is 1.05. The lowest BCUT2D eigenvalue weighted by Crippen LogP contribution is -2.11. The Morgan fingerprint density at radius 1 is 1.62 bits per heavy atom. The molecule has 2 heterocycles. The van der Waals surface area contributed by atoms with Gasteiger partial charge in [0.05, 0.1) is 5.52 Å². The Bertz CT molecular complexity index is 524. The Kier molecular flexibility index (Phi) is 1.51. The van der Waals surface area contributed by atoms with Gasteiger partial charge in [-0.1, -0.05) is 0 Å². The molecule has 0 aliphatic carbocycles. The van der Waals surface area contributed by atoms with Crippen LogP contribution in [0.15, 0.2) is 17.1 Å².